The van der Waals surface area contributed by atoms with E-state index in [1.165, 1.54) is 276 Å². The van der Waals surface area contributed by atoms with Crippen LogP contribution in [0, 0.1) is 17.8 Å². The van der Waals surface area contributed by atoms with Crippen molar-refractivity contribution in [3.05, 3.63) is 0 Å². The lowest BCUT2D eigenvalue weighted by Gasteiger charge is -2.21. The Balaban J connectivity index is 5.21. The normalized spacial score (nSPS) is 14.6. The minimum atomic E-state index is -4.97. The van der Waals surface area contributed by atoms with Crippen LogP contribution in [0.2, 0.25) is 0 Å². The van der Waals surface area contributed by atoms with Crippen LogP contribution in [0.3, 0.4) is 0 Å². The number of aliphatic hydroxyl groups excluding tert-OH is 1. The van der Waals surface area contributed by atoms with Crippen molar-refractivity contribution in [2.24, 2.45) is 17.8 Å². The molecule has 5 unspecified atom stereocenters. The Morgan fingerprint density at radius 3 is 0.664 bits per heavy atom. The van der Waals surface area contributed by atoms with E-state index >= 15 is 0 Å². The first-order valence-electron chi connectivity index (χ1n) is 45.5. The summed E-state index contributed by atoms with van der Waals surface area (Å²) in [6.45, 7) is 12.1. The third-order valence-electron chi connectivity index (χ3n) is 21.7. The van der Waals surface area contributed by atoms with Crippen molar-refractivity contribution in [3.8, 4) is 0 Å². The SMILES string of the molecule is CCCCCCCCCCCCCC(=O)OC[C@H](COP(=O)(O)OC[C@H](O)COP(=O)(O)OC[C@@H](COC(=O)CCCCCCCCCCCCCCCCCCCCC(C)CC)OC(=O)CCCCCCCCCCCCCCCCCCCCC(C)CC)OC(=O)CCCCCCCCCCC(C)CC. The summed E-state index contributed by atoms with van der Waals surface area (Å²) < 4.78 is 68.9. The molecule has 19 heteroatoms. The number of carbonyl (C=O) groups excluding carboxylic acids is 4. The molecule has 0 aliphatic rings. The Morgan fingerprint density at radius 2 is 0.449 bits per heavy atom. The molecule has 3 N–H and O–H groups in total. The van der Waals surface area contributed by atoms with Gasteiger partial charge in [-0.2, -0.15) is 0 Å². The molecule has 0 bridgehead atoms. The van der Waals surface area contributed by atoms with Crippen molar-refractivity contribution in [1.82, 2.24) is 0 Å². The minimum absolute atomic E-state index is 0.105. The first-order chi connectivity index (χ1) is 51.8. The maximum Gasteiger partial charge on any atom is 0.472 e. The van der Waals surface area contributed by atoms with Gasteiger partial charge in [-0.1, -0.05) is 414 Å². The zero-order valence-corrected chi connectivity index (χ0v) is 72.4. The van der Waals surface area contributed by atoms with E-state index in [0.29, 0.717) is 25.7 Å². The Bertz CT molecular complexity index is 2070. The molecule has 107 heavy (non-hydrogen) atoms. The van der Waals surface area contributed by atoms with E-state index in [-0.39, 0.29) is 25.7 Å². The van der Waals surface area contributed by atoms with Crippen LogP contribution >= 0.6 is 15.6 Å². The van der Waals surface area contributed by atoms with E-state index in [4.69, 9.17) is 37.0 Å². The van der Waals surface area contributed by atoms with Crippen LogP contribution in [0.25, 0.3) is 0 Å². The van der Waals surface area contributed by atoms with E-state index in [0.717, 1.165) is 108 Å². The zero-order chi connectivity index (χ0) is 78.6. The standard InChI is InChI=1S/C88H172O17P2/c1-8-12-13-14-15-16-33-40-48-55-62-69-85(90)98-76-84(105-88(93)72-65-58-51-44-43-47-54-61-68-81(7)11-4)78-103-107(96,97)101-74-82(89)73-100-106(94,95)102-77-83(104-87(92)71-64-57-50-42-37-32-28-24-20-18-22-26-30-35-39-46-53-60-67-80(6)10-3)75-99-86(91)70-63-56-49-41-36-31-27-23-19-17-21-25-29-34-38-45-52-59-66-79(5)9-2/h79-84,89H,8-78H2,1-7H3,(H,94,95)(H,96,97)/t79?,80?,81?,82-,83-,84-/m1/s1. The molecule has 0 aliphatic heterocycles. The first kappa shape index (κ1) is 105. The molecule has 0 aromatic heterocycles. The second-order valence-electron chi connectivity index (χ2n) is 32.4. The average molecular weight is 1560 g/mol. The Hall–Kier alpha value is -1.94. The fraction of sp³-hybridized carbons (Fsp3) is 0.955. The highest BCUT2D eigenvalue weighted by atomic mass is 31.2. The number of carbonyl (C=O) groups is 4. The molecule has 0 fully saturated rings. The lowest BCUT2D eigenvalue weighted by atomic mass is 9.99. The van der Waals surface area contributed by atoms with Crippen LogP contribution in [-0.4, -0.2) is 96.7 Å². The predicted molar refractivity (Wildman–Crippen MR) is 441 cm³/mol. The summed E-state index contributed by atoms with van der Waals surface area (Å²) in [5.41, 5.74) is 0. The molecule has 0 aromatic carbocycles. The summed E-state index contributed by atoms with van der Waals surface area (Å²) in [5, 5.41) is 10.7. The van der Waals surface area contributed by atoms with E-state index in [1.54, 1.807) is 0 Å². The number of esters is 4. The van der Waals surface area contributed by atoms with Crippen molar-refractivity contribution in [3.63, 3.8) is 0 Å². The molecule has 636 valence electrons. The van der Waals surface area contributed by atoms with E-state index in [9.17, 15) is 43.2 Å². The monoisotopic (exact) mass is 1560 g/mol. The first-order valence-corrected chi connectivity index (χ1v) is 48.5. The van der Waals surface area contributed by atoms with Crippen molar-refractivity contribution < 1.29 is 80.2 Å². The molecule has 0 spiro atoms. The number of ether oxygens (including phenoxy) is 4. The summed E-state index contributed by atoms with van der Waals surface area (Å²) >= 11 is 0. The van der Waals surface area contributed by atoms with Gasteiger partial charge < -0.3 is 33.8 Å². The van der Waals surface area contributed by atoms with Gasteiger partial charge in [-0.3, -0.25) is 37.3 Å². The fourth-order valence-corrected chi connectivity index (χ4v) is 15.2. The van der Waals surface area contributed by atoms with E-state index < -0.39 is 97.5 Å². The van der Waals surface area contributed by atoms with Gasteiger partial charge in [0.15, 0.2) is 12.2 Å². The molecule has 8 atom stereocenters. The molecular weight excluding hydrogens is 1390 g/mol. The lowest BCUT2D eigenvalue weighted by Crippen LogP contribution is -2.30. The largest absolute Gasteiger partial charge is 0.472 e. The minimum Gasteiger partial charge on any atom is -0.462 e. The third-order valence-corrected chi connectivity index (χ3v) is 23.6. The highest BCUT2D eigenvalue weighted by Gasteiger charge is 2.31. The van der Waals surface area contributed by atoms with Crippen LogP contribution in [0.1, 0.15) is 466 Å². The summed E-state index contributed by atoms with van der Waals surface area (Å²) in [5.74, 6) is 0.410. The number of unbranched alkanes of at least 4 members (excludes halogenated alkanes) is 51. The number of rotatable bonds is 86. The van der Waals surface area contributed by atoms with Crippen LogP contribution in [-0.2, 0) is 65.4 Å². The molecule has 0 heterocycles. The number of hydrogen-bond donors (Lipinski definition) is 3. The van der Waals surface area contributed by atoms with Crippen molar-refractivity contribution >= 4 is 39.5 Å². The van der Waals surface area contributed by atoms with E-state index in [2.05, 4.69) is 48.5 Å². The second kappa shape index (κ2) is 78.0. The molecule has 17 nitrogen and oxygen atoms in total. The molecule has 0 saturated heterocycles. The zero-order valence-electron chi connectivity index (χ0n) is 70.6. The number of hydrogen-bond acceptors (Lipinski definition) is 15. The summed E-state index contributed by atoms with van der Waals surface area (Å²) in [4.78, 5) is 73.2. The van der Waals surface area contributed by atoms with Gasteiger partial charge in [0.05, 0.1) is 26.4 Å². The fourth-order valence-electron chi connectivity index (χ4n) is 13.6. The third kappa shape index (κ3) is 77.8. The van der Waals surface area contributed by atoms with Crippen molar-refractivity contribution in [2.45, 2.75) is 484 Å². The van der Waals surface area contributed by atoms with Crippen molar-refractivity contribution in [2.75, 3.05) is 39.6 Å². The van der Waals surface area contributed by atoms with Gasteiger partial charge in [-0.25, -0.2) is 9.13 Å². The predicted octanol–water partition coefficient (Wildman–Crippen LogP) is 26.9. The average Bonchev–Trinajstić information content (AvgIpc) is 0.900. The van der Waals surface area contributed by atoms with Gasteiger partial charge in [0.1, 0.15) is 19.3 Å². The summed E-state index contributed by atoms with van der Waals surface area (Å²) in [7, 11) is -9.93. The molecule has 0 radical (unpaired) electrons. The van der Waals surface area contributed by atoms with Gasteiger partial charge in [0.2, 0.25) is 0 Å². The number of aliphatic hydroxyl groups is 1. The highest BCUT2D eigenvalue weighted by Crippen LogP contribution is 2.45. The van der Waals surface area contributed by atoms with Crippen LogP contribution < -0.4 is 0 Å². The van der Waals surface area contributed by atoms with Gasteiger partial charge in [-0.05, 0) is 43.4 Å². The van der Waals surface area contributed by atoms with Gasteiger partial charge >= 0.3 is 39.5 Å². The molecule has 0 aromatic rings. The Morgan fingerprint density at radius 1 is 0.262 bits per heavy atom. The lowest BCUT2D eigenvalue weighted by molar-refractivity contribution is -0.161. The Labute approximate surface area is 658 Å². The molecule has 0 aliphatic carbocycles. The number of phosphoric acid groups is 2. The second-order valence-corrected chi connectivity index (χ2v) is 35.3. The molecular formula is C88H172O17P2. The molecule has 0 saturated carbocycles. The van der Waals surface area contributed by atoms with Crippen LogP contribution in [0.4, 0.5) is 0 Å². The molecule has 0 rings (SSSR count). The van der Waals surface area contributed by atoms with Crippen LogP contribution in [0.15, 0.2) is 0 Å². The summed E-state index contributed by atoms with van der Waals surface area (Å²) in [6.07, 6.45) is 69.4. The summed E-state index contributed by atoms with van der Waals surface area (Å²) in [6, 6.07) is 0. The van der Waals surface area contributed by atoms with Gasteiger partial charge in [0.25, 0.3) is 0 Å². The van der Waals surface area contributed by atoms with Crippen LogP contribution in [0.5, 0.6) is 0 Å². The van der Waals surface area contributed by atoms with Gasteiger partial charge in [0, 0.05) is 25.7 Å². The Kier molecular flexibility index (Phi) is 76.6. The quantitative estimate of drug-likeness (QED) is 0.0222. The topological polar surface area (TPSA) is 237 Å². The smallest absolute Gasteiger partial charge is 0.462 e. The molecule has 0 amide bonds. The van der Waals surface area contributed by atoms with E-state index in [1.807, 2.05) is 0 Å². The van der Waals surface area contributed by atoms with Crippen molar-refractivity contribution in [1.29, 1.82) is 0 Å². The maximum absolute atomic E-state index is 13.2. The number of phosphoric ester groups is 2. The van der Waals surface area contributed by atoms with Gasteiger partial charge in [-0.15, -0.1) is 0 Å². The highest BCUT2D eigenvalue weighted by molar-refractivity contribution is 7.47. The maximum atomic E-state index is 13.2.